The average molecular weight is 404 g/mol. The molecular weight excluding hydrogens is 378 g/mol. The van der Waals surface area contributed by atoms with Crippen LogP contribution in [0.4, 0.5) is 0 Å². The Bertz CT molecular complexity index is 1020. The SMILES string of the molecule is C[Si](C)(C)C#Cc1cnn(-c2cccc(-n3cc(C#C[Si](C)(C)C)cn3)n2)c1. The highest BCUT2D eigenvalue weighted by Gasteiger charge is 2.10. The molecule has 28 heavy (non-hydrogen) atoms. The van der Waals surface area contributed by atoms with E-state index in [-0.39, 0.29) is 0 Å². The van der Waals surface area contributed by atoms with Gasteiger partial charge in [0.25, 0.3) is 0 Å². The second-order valence-corrected chi connectivity index (χ2v) is 18.2. The van der Waals surface area contributed by atoms with Crippen molar-refractivity contribution in [2.75, 3.05) is 0 Å². The third-order valence-electron chi connectivity index (χ3n) is 3.52. The van der Waals surface area contributed by atoms with Crippen LogP contribution in [-0.4, -0.2) is 40.7 Å². The summed E-state index contributed by atoms with van der Waals surface area (Å²) < 4.78 is 3.49. The van der Waals surface area contributed by atoms with Crippen LogP contribution in [0.2, 0.25) is 39.3 Å². The molecule has 3 rings (SSSR count). The lowest BCUT2D eigenvalue weighted by Crippen LogP contribution is -2.16. The molecule has 0 spiro atoms. The second-order valence-electron chi connectivity index (χ2n) is 8.70. The molecule has 0 aliphatic carbocycles. The largest absolute Gasteiger partial charge is 0.221 e. The monoisotopic (exact) mass is 403 g/mol. The van der Waals surface area contributed by atoms with E-state index in [1.807, 2.05) is 30.6 Å². The van der Waals surface area contributed by atoms with Crippen LogP contribution in [0, 0.1) is 22.9 Å². The van der Waals surface area contributed by atoms with Crippen molar-refractivity contribution in [3.63, 3.8) is 0 Å². The number of hydrogen-bond acceptors (Lipinski definition) is 3. The van der Waals surface area contributed by atoms with Gasteiger partial charge in [-0.1, -0.05) is 57.2 Å². The van der Waals surface area contributed by atoms with Gasteiger partial charge in [0, 0.05) is 12.4 Å². The van der Waals surface area contributed by atoms with Gasteiger partial charge in [-0.3, -0.25) is 0 Å². The first kappa shape index (κ1) is 19.9. The first-order valence-electron chi connectivity index (χ1n) is 9.23. The summed E-state index contributed by atoms with van der Waals surface area (Å²) >= 11 is 0. The molecule has 0 atom stereocenters. The zero-order valence-electron chi connectivity index (χ0n) is 17.3. The molecule has 142 valence electrons. The Morgan fingerprint density at radius 2 is 1.14 bits per heavy atom. The predicted molar refractivity (Wildman–Crippen MR) is 119 cm³/mol. The van der Waals surface area contributed by atoms with Crippen LogP contribution in [0.5, 0.6) is 0 Å². The maximum atomic E-state index is 4.68. The van der Waals surface area contributed by atoms with Gasteiger partial charge in [0.1, 0.15) is 16.1 Å². The first-order chi connectivity index (χ1) is 13.1. The summed E-state index contributed by atoms with van der Waals surface area (Å²) in [5.41, 5.74) is 8.51. The second kappa shape index (κ2) is 7.63. The number of pyridine rings is 1. The van der Waals surface area contributed by atoms with Crippen molar-refractivity contribution >= 4 is 16.1 Å². The van der Waals surface area contributed by atoms with Crippen molar-refractivity contribution in [1.29, 1.82) is 0 Å². The standard InChI is InChI=1S/C21H25N5Si2/c1-27(2,3)12-10-18-14-22-25(16-18)20-8-7-9-21(24-20)26-17-19(15-23-26)11-13-28(4,5)6/h7-9,14-17H,1-6H3. The van der Waals surface area contributed by atoms with Crippen molar-refractivity contribution in [3.8, 4) is 34.6 Å². The minimum atomic E-state index is -1.41. The Hall–Kier alpha value is -2.88. The fraction of sp³-hybridized carbons (Fsp3) is 0.286. The van der Waals surface area contributed by atoms with Gasteiger partial charge in [0.2, 0.25) is 0 Å². The van der Waals surface area contributed by atoms with E-state index in [1.54, 1.807) is 21.8 Å². The lowest BCUT2D eigenvalue weighted by Gasteiger charge is -2.04. The molecule has 0 saturated carbocycles. The van der Waals surface area contributed by atoms with Gasteiger partial charge in [-0.15, -0.1) is 11.1 Å². The highest BCUT2D eigenvalue weighted by Crippen LogP contribution is 2.11. The van der Waals surface area contributed by atoms with Crippen molar-refractivity contribution in [2.24, 2.45) is 0 Å². The summed E-state index contributed by atoms with van der Waals surface area (Å²) in [5.74, 6) is 7.89. The minimum Gasteiger partial charge on any atom is -0.221 e. The minimum absolute atomic E-state index is 0.726. The third kappa shape index (κ3) is 5.56. The van der Waals surface area contributed by atoms with Crippen molar-refractivity contribution in [2.45, 2.75) is 39.3 Å². The van der Waals surface area contributed by atoms with Crippen LogP contribution in [-0.2, 0) is 0 Å². The molecule has 0 amide bonds. The molecule has 0 saturated heterocycles. The Morgan fingerprint density at radius 3 is 1.54 bits per heavy atom. The van der Waals surface area contributed by atoms with Crippen molar-refractivity contribution in [3.05, 3.63) is 54.1 Å². The van der Waals surface area contributed by atoms with E-state index in [1.165, 1.54) is 0 Å². The zero-order valence-corrected chi connectivity index (χ0v) is 19.3. The molecule has 0 aliphatic heterocycles. The van der Waals surface area contributed by atoms with Crippen molar-refractivity contribution < 1.29 is 0 Å². The molecule has 3 aromatic rings. The van der Waals surface area contributed by atoms with Crippen LogP contribution in [0.15, 0.2) is 43.0 Å². The van der Waals surface area contributed by atoms with E-state index in [0.717, 1.165) is 22.8 Å². The predicted octanol–water partition coefficient (Wildman–Crippen LogP) is 3.91. The van der Waals surface area contributed by atoms with Gasteiger partial charge in [0.15, 0.2) is 11.6 Å². The summed E-state index contributed by atoms with van der Waals surface area (Å²) in [6.45, 7) is 13.3. The zero-order chi connectivity index (χ0) is 20.4. The van der Waals surface area contributed by atoms with Gasteiger partial charge < -0.3 is 0 Å². The summed E-state index contributed by atoms with van der Waals surface area (Å²) in [6, 6.07) is 5.78. The Labute approximate surface area is 168 Å². The molecule has 0 radical (unpaired) electrons. The lowest BCUT2D eigenvalue weighted by molar-refractivity contribution is 0.803. The molecule has 0 bridgehead atoms. The molecular formula is C21H25N5Si2. The summed E-state index contributed by atoms with van der Waals surface area (Å²) in [7, 11) is -2.83. The van der Waals surface area contributed by atoms with Gasteiger partial charge in [0.05, 0.1) is 23.5 Å². The highest BCUT2D eigenvalue weighted by atomic mass is 28.3. The van der Waals surface area contributed by atoms with Crippen LogP contribution >= 0.6 is 0 Å². The average Bonchev–Trinajstić information content (AvgIpc) is 3.27. The van der Waals surface area contributed by atoms with Crippen LogP contribution in [0.3, 0.4) is 0 Å². The van der Waals surface area contributed by atoms with Crippen molar-refractivity contribution in [1.82, 2.24) is 24.5 Å². The maximum absolute atomic E-state index is 4.68. The number of nitrogens with zero attached hydrogens (tertiary/aromatic N) is 5. The fourth-order valence-electron chi connectivity index (χ4n) is 2.21. The molecule has 0 N–H and O–H groups in total. The normalized spacial score (nSPS) is 11.4. The maximum Gasteiger partial charge on any atom is 0.155 e. The number of rotatable bonds is 2. The van der Waals surface area contributed by atoms with E-state index in [0.29, 0.717) is 0 Å². The van der Waals surface area contributed by atoms with E-state index in [2.05, 4.69) is 77.4 Å². The van der Waals surface area contributed by atoms with E-state index in [9.17, 15) is 0 Å². The van der Waals surface area contributed by atoms with Crippen LogP contribution in [0.1, 0.15) is 11.1 Å². The number of aromatic nitrogens is 5. The van der Waals surface area contributed by atoms with E-state index < -0.39 is 16.1 Å². The molecule has 3 aromatic heterocycles. The molecule has 0 aliphatic rings. The first-order valence-corrected chi connectivity index (χ1v) is 16.2. The highest BCUT2D eigenvalue weighted by molar-refractivity contribution is 6.84. The van der Waals surface area contributed by atoms with E-state index in [4.69, 9.17) is 0 Å². The molecule has 3 heterocycles. The summed E-state index contributed by atoms with van der Waals surface area (Å²) in [4.78, 5) is 4.68. The van der Waals surface area contributed by atoms with Crippen LogP contribution in [0.25, 0.3) is 11.6 Å². The lowest BCUT2D eigenvalue weighted by atomic mass is 10.4. The topological polar surface area (TPSA) is 48.5 Å². The number of hydrogen-bond donors (Lipinski definition) is 0. The molecule has 5 nitrogen and oxygen atoms in total. The van der Waals surface area contributed by atoms with E-state index >= 15 is 0 Å². The van der Waals surface area contributed by atoms with Gasteiger partial charge in [-0.05, 0) is 12.1 Å². The molecule has 0 unspecified atom stereocenters. The summed E-state index contributed by atoms with van der Waals surface area (Å²) in [5, 5.41) is 8.81. The smallest absolute Gasteiger partial charge is 0.155 e. The summed E-state index contributed by atoms with van der Waals surface area (Å²) in [6.07, 6.45) is 7.37. The van der Waals surface area contributed by atoms with Gasteiger partial charge in [-0.2, -0.15) is 10.2 Å². The fourth-order valence-corrected chi connectivity index (χ4v) is 3.25. The molecule has 0 fully saturated rings. The Balaban J connectivity index is 1.85. The van der Waals surface area contributed by atoms with Gasteiger partial charge in [-0.25, -0.2) is 14.3 Å². The Kier molecular flexibility index (Phi) is 5.41. The van der Waals surface area contributed by atoms with Crippen LogP contribution < -0.4 is 0 Å². The Morgan fingerprint density at radius 1 is 0.714 bits per heavy atom. The van der Waals surface area contributed by atoms with Gasteiger partial charge >= 0.3 is 0 Å². The quantitative estimate of drug-likeness (QED) is 0.481. The molecule has 7 heteroatoms. The third-order valence-corrected chi connectivity index (χ3v) is 5.27. The molecule has 0 aromatic carbocycles.